The largest absolute Gasteiger partial charge is 0.477 e. The molecule has 3 aromatic heterocycles. The van der Waals surface area contributed by atoms with E-state index in [-0.39, 0.29) is 51.0 Å². The molecule has 4 N–H and O–H groups in total. The minimum absolute atomic E-state index is 0.144. The van der Waals surface area contributed by atoms with E-state index in [9.17, 15) is 19.5 Å². The number of ether oxygens (including phenoxy) is 1. The van der Waals surface area contributed by atoms with Crippen molar-refractivity contribution in [2.24, 2.45) is 0 Å². The third-order valence-corrected chi connectivity index (χ3v) is 8.10. The molecular weight excluding hydrogens is 559 g/mol. The Balaban J connectivity index is 1.56. The maximum Gasteiger partial charge on any atom is 0.348 e. The fourth-order valence-corrected chi connectivity index (χ4v) is 5.58. The lowest BCUT2D eigenvalue weighted by Gasteiger charge is -2.38. The van der Waals surface area contributed by atoms with E-state index in [1.807, 2.05) is 4.90 Å². The molecule has 13 nitrogen and oxygen atoms in total. The summed E-state index contributed by atoms with van der Waals surface area (Å²) in [5, 5.41) is 20.5. The van der Waals surface area contributed by atoms with Crippen LogP contribution in [0.4, 0.5) is 5.13 Å². The zero-order valence-electron chi connectivity index (χ0n) is 20.7. The van der Waals surface area contributed by atoms with Gasteiger partial charge in [0.15, 0.2) is 10.8 Å². The van der Waals surface area contributed by atoms with Gasteiger partial charge in [-0.15, -0.1) is 0 Å². The lowest BCUT2D eigenvalue weighted by Crippen LogP contribution is -2.52. The van der Waals surface area contributed by atoms with Crippen LogP contribution in [-0.2, 0) is 4.74 Å². The van der Waals surface area contributed by atoms with Crippen LogP contribution in [0.3, 0.4) is 0 Å². The lowest BCUT2D eigenvalue weighted by molar-refractivity contribution is 0.0694. The number of anilines is 1. The van der Waals surface area contributed by atoms with E-state index < -0.39 is 17.8 Å². The summed E-state index contributed by atoms with van der Waals surface area (Å²) in [5.74, 6) is -2.26. The summed E-state index contributed by atoms with van der Waals surface area (Å²) >= 11 is 13.3. The summed E-state index contributed by atoms with van der Waals surface area (Å²) in [5.41, 5.74) is 0.582. The second-order valence-corrected chi connectivity index (χ2v) is 10.6. The molecule has 0 saturated carbocycles. The first kappa shape index (κ1) is 27.8. The summed E-state index contributed by atoms with van der Waals surface area (Å²) in [6, 6.07) is -1.07. The second-order valence-electron chi connectivity index (χ2n) is 8.82. The standard InChI is InChI=1S/C22H26Cl2N8O5S/c1-10(7-37-3)27-20(34)17-18(21(35)36)38-22(30-17)31-5-4-12(13(6-31)32-9-25-8-26-32)29-19(33)16-15(24)14(23)11(2)28-16/h8-10,12-13,28H,4-7H2,1-3H3,(H,27,34)(H,29,33)(H,35,36)/t10-,12+,13-/m0/s1. The molecule has 0 spiro atoms. The molecule has 38 heavy (non-hydrogen) atoms. The number of aryl methyl sites for hydroxylation is 1. The number of rotatable bonds is 9. The molecule has 0 bridgehead atoms. The predicted molar refractivity (Wildman–Crippen MR) is 141 cm³/mol. The van der Waals surface area contributed by atoms with Crippen molar-refractivity contribution in [1.29, 1.82) is 0 Å². The van der Waals surface area contributed by atoms with Crippen LogP contribution in [0.25, 0.3) is 0 Å². The lowest BCUT2D eigenvalue weighted by atomic mass is 9.99. The molecule has 3 atom stereocenters. The zero-order valence-corrected chi connectivity index (χ0v) is 23.0. The van der Waals surface area contributed by atoms with Crippen molar-refractivity contribution in [2.75, 3.05) is 31.7 Å². The van der Waals surface area contributed by atoms with Gasteiger partial charge in [0.2, 0.25) is 0 Å². The van der Waals surface area contributed by atoms with Gasteiger partial charge < -0.3 is 30.4 Å². The molecule has 2 amide bonds. The average molecular weight is 585 g/mol. The molecule has 3 aromatic rings. The van der Waals surface area contributed by atoms with E-state index in [1.54, 1.807) is 18.5 Å². The number of H-pyrrole nitrogens is 1. The van der Waals surface area contributed by atoms with Crippen molar-refractivity contribution < 1.29 is 24.2 Å². The first-order valence-electron chi connectivity index (χ1n) is 11.6. The Hall–Kier alpha value is -3.20. The van der Waals surface area contributed by atoms with Gasteiger partial charge in [-0.3, -0.25) is 9.59 Å². The summed E-state index contributed by atoms with van der Waals surface area (Å²) in [7, 11) is 1.51. The predicted octanol–water partition coefficient (Wildman–Crippen LogP) is 2.39. The summed E-state index contributed by atoms with van der Waals surface area (Å²) < 4.78 is 6.65. The highest BCUT2D eigenvalue weighted by molar-refractivity contribution is 7.17. The van der Waals surface area contributed by atoms with Crippen molar-refractivity contribution in [3.63, 3.8) is 0 Å². The molecule has 1 aliphatic heterocycles. The Bertz CT molecular complexity index is 1330. The number of hydrogen-bond donors (Lipinski definition) is 4. The van der Waals surface area contributed by atoms with E-state index in [0.29, 0.717) is 30.3 Å². The number of aromatic carboxylic acids is 1. The average Bonchev–Trinajstić information content (AvgIpc) is 3.61. The number of piperidine rings is 1. The number of hydrogen-bond acceptors (Lipinski definition) is 9. The van der Waals surface area contributed by atoms with Gasteiger partial charge in [0.1, 0.15) is 23.2 Å². The van der Waals surface area contributed by atoms with Crippen molar-refractivity contribution in [1.82, 2.24) is 35.4 Å². The monoisotopic (exact) mass is 584 g/mol. The number of carboxylic acids is 1. The molecule has 1 fully saturated rings. The molecule has 1 aliphatic rings. The minimum Gasteiger partial charge on any atom is -0.477 e. The Morgan fingerprint density at radius 1 is 1.32 bits per heavy atom. The van der Waals surface area contributed by atoms with Crippen molar-refractivity contribution in [3.05, 3.63) is 44.7 Å². The fraction of sp³-hybridized carbons (Fsp3) is 0.455. The molecular formula is C22H26Cl2N8O5S. The molecule has 4 rings (SSSR count). The number of nitrogens with one attached hydrogen (secondary N) is 3. The van der Waals surface area contributed by atoms with Gasteiger partial charge in [-0.25, -0.2) is 19.4 Å². The van der Waals surface area contributed by atoms with Crippen LogP contribution in [0.15, 0.2) is 12.7 Å². The van der Waals surface area contributed by atoms with Gasteiger partial charge in [-0.1, -0.05) is 34.5 Å². The maximum atomic E-state index is 13.0. The third kappa shape index (κ3) is 5.77. The number of carboxylic acid groups (broad SMARTS) is 1. The smallest absolute Gasteiger partial charge is 0.348 e. The highest BCUT2D eigenvalue weighted by Crippen LogP contribution is 2.33. The third-order valence-electron chi connectivity index (χ3n) is 6.05. The number of amides is 2. The van der Waals surface area contributed by atoms with Crippen LogP contribution in [-0.4, -0.2) is 86.5 Å². The number of nitrogens with zero attached hydrogens (tertiary/aromatic N) is 5. The highest BCUT2D eigenvalue weighted by Gasteiger charge is 2.36. The molecule has 0 aliphatic carbocycles. The highest BCUT2D eigenvalue weighted by atomic mass is 35.5. The second kappa shape index (κ2) is 11.7. The number of aromatic nitrogens is 5. The number of thiazole rings is 1. The van der Waals surface area contributed by atoms with Crippen LogP contribution in [0.2, 0.25) is 10.0 Å². The van der Waals surface area contributed by atoms with Crippen LogP contribution in [0, 0.1) is 6.92 Å². The van der Waals surface area contributed by atoms with Gasteiger partial charge in [0.05, 0.1) is 28.7 Å². The van der Waals surface area contributed by atoms with Crippen LogP contribution in [0.1, 0.15) is 55.7 Å². The van der Waals surface area contributed by atoms with Gasteiger partial charge in [0.25, 0.3) is 11.8 Å². The SMILES string of the molecule is COC[C@H](C)NC(=O)c1nc(N2CC[C@@H](NC(=O)c3[nH]c(C)c(Cl)c3Cl)[C@@H](n3cncn3)C2)sc1C(=O)O. The normalized spacial score (nSPS) is 18.3. The first-order valence-corrected chi connectivity index (χ1v) is 13.1. The van der Waals surface area contributed by atoms with Crippen molar-refractivity contribution in [3.8, 4) is 0 Å². The molecule has 0 radical (unpaired) electrons. The van der Waals surface area contributed by atoms with Crippen LogP contribution < -0.4 is 15.5 Å². The Labute approximate surface area is 231 Å². The fourth-order valence-electron chi connectivity index (χ4n) is 4.23. The number of carbonyl (C=O) groups is 3. The summed E-state index contributed by atoms with van der Waals surface area (Å²) in [6.45, 7) is 4.48. The van der Waals surface area contributed by atoms with Gasteiger partial charge in [-0.05, 0) is 20.3 Å². The Morgan fingerprint density at radius 3 is 2.68 bits per heavy atom. The van der Waals surface area contributed by atoms with Crippen molar-refractivity contribution >= 4 is 57.5 Å². The molecule has 204 valence electrons. The number of aromatic amines is 1. The molecule has 0 aromatic carbocycles. The Kier molecular flexibility index (Phi) is 8.55. The first-order chi connectivity index (χ1) is 18.1. The van der Waals surface area contributed by atoms with Gasteiger partial charge in [0, 0.05) is 31.9 Å². The van der Waals surface area contributed by atoms with E-state index >= 15 is 0 Å². The minimum atomic E-state index is -1.25. The molecule has 0 unspecified atom stereocenters. The molecule has 16 heteroatoms. The molecule has 4 heterocycles. The Morgan fingerprint density at radius 2 is 2.08 bits per heavy atom. The topological polar surface area (TPSA) is 167 Å². The molecule has 1 saturated heterocycles. The number of halogens is 2. The number of methoxy groups -OCH3 is 1. The summed E-state index contributed by atoms with van der Waals surface area (Å²) in [6.07, 6.45) is 3.39. The van der Waals surface area contributed by atoms with Gasteiger partial charge >= 0.3 is 5.97 Å². The number of carbonyl (C=O) groups excluding carboxylic acids is 2. The summed E-state index contributed by atoms with van der Waals surface area (Å²) in [4.78, 5) is 50.7. The zero-order chi connectivity index (χ0) is 27.6. The van der Waals surface area contributed by atoms with E-state index in [4.69, 9.17) is 27.9 Å². The van der Waals surface area contributed by atoms with E-state index in [1.165, 1.54) is 19.8 Å². The van der Waals surface area contributed by atoms with E-state index in [0.717, 1.165) is 11.3 Å². The van der Waals surface area contributed by atoms with E-state index in [2.05, 4.69) is 30.7 Å². The maximum absolute atomic E-state index is 13.0. The van der Waals surface area contributed by atoms with Gasteiger partial charge in [-0.2, -0.15) is 5.10 Å². The quantitative estimate of drug-likeness (QED) is 0.295. The van der Waals surface area contributed by atoms with Crippen LogP contribution in [0.5, 0.6) is 0 Å². The van der Waals surface area contributed by atoms with Crippen LogP contribution >= 0.6 is 34.5 Å². The van der Waals surface area contributed by atoms with Crippen molar-refractivity contribution in [2.45, 2.75) is 38.4 Å².